The maximum atomic E-state index is 6.20. The van der Waals surface area contributed by atoms with Gasteiger partial charge in [-0.25, -0.2) is 0 Å². The van der Waals surface area contributed by atoms with Gasteiger partial charge >= 0.3 is 0 Å². The Kier molecular flexibility index (Phi) is 5.46. The van der Waals surface area contributed by atoms with Crippen LogP contribution in [0.4, 0.5) is 11.4 Å². The van der Waals surface area contributed by atoms with E-state index in [0.717, 1.165) is 29.4 Å². The van der Waals surface area contributed by atoms with Crippen molar-refractivity contribution in [2.24, 2.45) is 0 Å². The molecule has 0 atom stereocenters. The average Bonchev–Trinajstić information content (AvgIpc) is 2.67. The van der Waals surface area contributed by atoms with Crippen LogP contribution in [0.25, 0.3) is 0 Å². The fraction of sp³-hybridized carbons (Fsp3) is 0.143. The standard InChI is InChI=1S/C21H20ClNO2/c1-24-20-10-6-16(7-11-20)15-23(19-5-3-4-17(22)14-19)18-8-12-21(25-2)13-9-18/h3-14H,15H2,1-2H3. The minimum Gasteiger partial charge on any atom is -0.497 e. The molecule has 0 saturated heterocycles. The monoisotopic (exact) mass is 353 g/mol. The molecule has 3 nitrogen and oxygen atoms in total. The Morgan fingerprint density at radius 1 is 0.760 bits per heavy atom. The Hall–Kier alpha value is -2.65. The number of hydrogen-bond acceptors (Lipinski definition) is 3. The van der Waals surface area contributed by atoms with Crippen LogP contribution < -0.4 is 14.4 Å². The van der Waals surface area contributed by atoms with Gasteiger partial charge in [0, 0.05) is 22.9 Å². The lowest BCUT2D eigenvalue weighted by atomic mass is 10.1. The second-order valence-electron chi connectivity index (χ2n) is 5.61. The molecular formula is C21H20ClNO2. The van der Waals surface area contributed by atoms with Crippen LogP contribution in [0.5, 0.6) is 11.5 Å². The minimum absolute atomic E-state index is 0.714. The van der Waals surface area contributed by atoms with Gasteiger partial charge < -0.3 is 14.4 Å². The highest BCUT2D eigenvalue weighted by atomic mass is 35.5. The van der Waals surface area contributed by atoms with Crippen LogP contribution in [-0.4, -0.2) is 14.2 Å². The van der Waals surface area contributed by atoms with Crippen molar-refractivity contribution in [2.75, 3.05) is 19.1 Å². The molecule has 0 N–H and O–H groups in total. The Morgan fingerprint density at radius 3 is 1.92 bits per heavy atom. The number of anilines is 2. The number of ether oxygens (including phenoxy) is 2. The highest BCUT2D eigenvalue weighted by Crippen LogP contribution is 2.31. The third-order valence-corrected chi connectivity index (χ3v) is 4.24. The molecule has 0 radical (unpaired) electrons. The quantitative estimate of drug-likeness (QED) is 0.567. The van der Waals surface area contributed by atoms with Gasteiger partial charge in [-0.15, -0.1) is 0 Å². The fourth-order valence-electron chi connectivity index (χ4n) is 2.65. The molecule has 128 valence electrons. The van der Waals surface area contributed by atoms with Gasteiger partial charge in [-0.1, -0.05) is 29.8 Å². The van der Waals surface area contributed by atoms with Crippen molar-refractivity contribution in [1.29, 1.82) is 0 Å². The van der Waals surface area contributed by atoms with Gasteiger partial charge in [0.2, 0.25) is 0 Å². The Balaban J connectivity index is 1.95. The molecular weight excluding hydrogens is 334 g/mol. The first-order valence-corrected chi connectivity index (χ1v) is 8.37. The normalized spacial score (nSPS) is 10.4. The number of nitrogens with zero attached hydrogens (tertiary/aromatic N) is 1. The van der Waals surface area contributed by atoms with Crippen molar-refractivity contribution in [2.45, 2.75) is 6.54 Å². The first-order valence-electron chi connectivity index (χ1n) is 7.99. The molecule has 0 unspecified atom stereocenters. The van der Waals surface area contributed by atoms with Crippen molar-refractivity contribution < 1.29 is 9.47 Å². The predicted octanol–water partition coefficient (Wildman–Crippen LogP) is 5.70. The predicted molar refractivity (Wildman–Crippen MR) is 103 cm³/mol. The number of halogens is 1. The third kappa shape index (κ3) is 4.25. The van der Waals surface area contributed by atoms with E-state index in [-0.39, 0.29) is 0 Å². The van der Waals surface area contributed by atoms with Gasteiger partial charge in [-0.2, -0.15) is 0 Å². The summed E-state index contributed by atoms with van der Waals surface area (Å²) in [5.41, 5.74) is 3.28. The smallest absolute Gasteiger partial charge is 0.119 e. The highest BCUT2D eigenvalue weighted by molar-refractivity contribution is 6.30. The zero-order valence-corrected chi connectivity index (χ0v) is 15.0. The molecule has 0 aliphatic heterocycles. The van der Waals surface area contributed by atoms with Crippen LogP contribution in [0.2, 0.25) is 5.02 Å². The first-order chi connectivity index (χ1) is 12.2. The van der Waals surface area contributed by atoms with E-state index < -0.39 is 0 Å². The van der Waals surface area contributed by atoms with Crippen molar-refractivity contribution in [3.05, 3.63) is 83.4 Å². The molecule has 4 heteroatoms. The highest BCUT2D eigenvalue weighted by Gasteiger charge is 2.11. The third-order valence-electron chi connectivity index (χ3n) is 4.00. The van der Waals surface area contributed by atoms with Crippen LogP contribution in [0.15, 0.2) is 72.8 Å². The minimum atomic E-state index is 0.714. The summed E-state index contributed by atoms with van der Waals surface area (Å²) < 4.78 is 10.5. The van der Waals surface area contributed by atoms with Gasteiger partial charge in [-0.3, -0.25) is 0 Å². The molecule has 0 aliphatic rings. The molecule has 0 aliphatic carbocycles. The molecule has 0 spiro atoms. The van der Waals surface area contributed by atoms with Crippen LogP contribution in [0.1, 0.15) is 5.56 Å². The number of rotatable bonds is 6. The topological polar surface area (TPSA) is 21.7 Å². The summed E-state index contributed by atoms with van der Waals surface area (Å²) in [7, 11) is 3.34. The summed E-state index contributed by atoms with van der Waals surface area (Å²) in [6, 6.07) is 24.0. The summed E-state index contributed by atoms with van der Waals surface area (Å²) in [5, 5.41) is 0.714. The molecule has 0 amide bonds. The SMILES string of the molecule is COc1ccc(CN(c2ccc(OC)cc2)c2cccc(Cl)c2)cc1. The van der Waals surface area contributed by atoms with E-state index in [9.17, 15) is 0 Å². The molecule has 3 aromatic carbocycles. The van der Waals surface area contributed by atoms with Gasteiger partial charge in [0.25, 0.3) is 0 Å². The summed E-state index contributed by atoms with van der Waals surface area (Å²) >= 11 is 6.20. The van der Waals surface area contributed by atoms with Gasteiger partial charge in [0.1, 0.15) is 11.5 Å². The zero-order valence-electron chi connectivity index (χ0n) is 14.3. The Bertz CT molecular complexity index is 816. The fourth-order valence-corrected chi connectivity index (χ4v) is 2.84. The molecule has 0 bridgehead atoms. The van der Waals surface area contributed by atoms with Gasteiger partial charge in [-0.05, 0) is 60.2 Å². The van der Waals surface area contributed by atoms with Crippen LogP contribution in [0, 0.1) is 0 Å². The molecule has 25 heavy (non-hydrogen) atoms. The van der Waals surface area contributed by atoms with Crippen LogP contribution in [-0.2, 0) is 6.54 Å². The van der Waals surface area contributed by atoms with E-state index in [1.165, 1.54) is 5.56 Å². The maximum absolute atomic E-state index is 6.20. The van der Waals surface area contributed by atoms with Crippen LogP contribution in [0.3, 0.4) is 0 Å². The van der Waals surface area contributed by atoms with E-state index in [2.05, 4.69) is 23.1 Å². The number of hydrogen-bond donors (Lipinski definition) is 0. The van der Waals surface area contributed by atoms with E-state index in [4.69, 9.17) is 21.1 Å². The van der Waals surface area contributed by atoms with Gasteiger partial charge in [0.05, 0.1) is 14.2 Å². The molecule has 3 aromatic rings. The second kappa shape index (κ2) is 7.95. The van der Waals surface area contributed by atoms with Crippen molar-refractivity contribution in [1.82, 2.24) is 0 Å². The van der Waals surface area contributed by atoms with E-state index in [0.29, 0.717) is 5.02 Å². The van der Waals surface area contributed by atoms with Crippen molar-refractivity contribution >= 4 is 23.0 Å². The lowest BCUT2D eigenvalue weighted by Gasteiger charge is -2.25. The van der Waals surface area contributed by atoms with E-state index in [1.54, 1.807) is 14.2 Å². The van der Waals surface area contributed by atoms with Crippen LogP contribution >= 0.6 is 11.6 Å². The lowest BCUT2D eigenvalue weighted by Crippen LogP contribution is -2.16. The maximum Gasteiger partial charge on any atom is 0.119 e. The lowest BCUT2D eigenvalue weighted by molar-refractivity contribution is 0.414. The number of methoxy groups -OCH3 is 2. The first kappa shape index (κ1) is 17.2. The Labute approximate surface area is 153 Å². The number of benzene rings is 3. The zero-order chi connectivity index (χ0) is 17.6. The van der Waals surface area contributed by atoms with Crippen molar-refractivity contribution in [3.8, 4) is 11.5 Å². The average molecular weight is 354 g/mol. The summed E-state index contributed by atoms with van der Waals surface area (Å²) in [5.74, 6) is 1.68. The molecule has 3 rings (SSSR count). The molecule has 0 heterocycles. The largest absolute Gasteiger partial charge is 0.497 e. The summed E-state index contributed by atoms with van der Waals surface area (Å²) in [4.78, 5) is 2.22. The van der Waals surface area contributed by atoms with Crippen molar-refractivity contribution in [3.63, 3.8) is 0 Å². The molecule has 0 saturated carbocycles. The van der Waals surface area contributed by atoms with Gasteiger partial charge in [0.15, 0.2) is 0 Å². The van der Waals surface area contributed by atoms with E-state index >= 15 is 0 Å². The second-order valence-corrected chi connectivity index (χ2v) is 6.05. The van der Waals surface area contributed by atoms with E-state index in [1.807, 2.05) is 54.6 Å². The molecule has 0 fully saturated rings. The summed E-state index contributed by atoms with van der Waals surface area (Å²) in [6.07, 6.45) is 0. The molecule has 0 aromatic heterocycles. The Morgan fingerprint density at radius 2 is 1.36 bits per heavy atom. The summed E-state index contributed by atoms with van der Waals surface area (Å²) in [6.45, 7) is 0.719.